The highest BCUT2D eigenvalue weighted by Crippen LogP contribution is 2.28. The molecule has 0 spiro atoms. The van der Waals surface area contributed by atoms with Gasteiger partial charge >= 0.3 is 6.09 Å². The van der Waals surface area contributed by atoms with Crippen LogP contribution in [-0.2, 0) is 14.3 Å². The molecule has 0 aromatic heterocycles. The summed E-state index contributed by atoms with van der Waals surface area (Å²) < 4.78 is 10.6. The zero-order valence-electron chi connectivity index (χ0n) is 24.1. The van der Waals surface area contributed by atoms with E-state index in [-0.39, 0.29) is 12.5 Å². The molecule has 0 radical (unpaired) electrons. The second kappa shape index (κ2) is 13.7. The topological polar surface area (TPSA) is 121 Å². The van der Waals surface area contributed by atoms with E-state index < -0.39 is 35.6 Å². The van der Waals surface area contributed by atoms with Gasteiger partial charge in [-0.1, -0.05) is 38.5 Å². The summed E-state index contributed by atoms with van der Waals surface area (Å²) in [7, 11) is 1.55. The van der Waals surface area contributed by atoms with E-state index in [1.165, 1.54) is 4.90 Å². The van der Waals surface area contributed by atoms with Crippen molar-refractivity contribution in [1.29, 1.82) is 5.26 Å². The molecule has 210 valence electrons. The van der Waals surface area contributed by atoms with Gasteiger partial charge < -0.3 is 25.0 Å². The van der Waals surface area contributed by atoms with Crippen LogP contribution in [0.2, 0.25) is 0 Å². The van der Waals surface area contributed by atoms with Gasteiger partial charge in [0.2, 0.25) is 5.91 Å². The third-order valence-electron chi connectivity index (χ3n) is 6.44. The van der Waals surface area contributed by atoms with Gasteiger partial charge in [0, 0.05) is 5.69 Å². The van der Waals surface area contributed by atoms with Gasteiger partial charge in [0.15, 0.2) is 0 Å². The maximum atomic E-state index is 14.0. The molecule has 3 amide bonds. The quantitative estimate of drug-likeness (QED) is 0.399. The highest BCUT2D eigenvalue weighted by atomic mass is 16.6. The number of aryl methyl sites for hydroxylation is 2. The fourth-order valence-electron chi connectivity index (χ4n) is 3.96. The van der Waals surface area contributed by atoms with Crippen molar-refractivity contribution in [3.05, 3.63) is 59.2 Å². The number of ether oxygens (including phenoxy) is 2. The summed E-state index contributed by atoms with van der Waals surface area (Å²) in [6.07, 6.45) is -0.178. The van der Waals surface area contributed by atoms with Crippen LogP contribution in [0.25, 0.3) is 0 Å². The van der Waals surface area contributed by atoms with E-state index >= 15 is 0 Å². The summed E-state index contributed by atoms with van der Waals surface area (Å²) in [5.74, 6) is -0.710. The van der Waals surface area contributed by atoms with E-state index in [1.54, 1.807) is 58.2 Å². The van der Waals surface area contributed by atoms with E-state index in [1.807, 2.05) is 45.9 Å². The first kappa shape index (κ1) is 31.2. The van der Waals surface area contributed by atoms with Crippen LogP contribution in [0.15, 0.2) is 42.5 Å². The van der Waals surface area contributed by atoms with Crippen LogP contribution in [0, 0.1) is 31.1 Å². The highest BCUT2D eigenvalue weighted by Gasteiger charge is 2.38. The van der Waals surface area contributed by atoms with Crippen LogP contribution in [-0.4, -0.2) is 48.1 Å². The molecule has 3 atom stereocenters. The average molecular weight is 537 g/mol. The van der Waals surface area contributed by atoms with E-state index in [9.17, 15) is 19.6 Å². The predicted molar refractivity (Wildman–Crippen MR) is 150 cm³/mol. The third kappa shape index (κ3) is 8.74. The van der Waals surface area contributed by atoms with E-state index in [0.717, 1.165) is 11.1 Å². The molecule has 9 heteroatoms. The molecule has 0 saturated carbocycles. The molecule has 0 bridgehead atoms. The number of carbonyl (C=O) groups is 3. The number of carbonyl (C=O) groups excluding carboxylic acids is 3. The van der Waals surface area contributed by atoms with Crippen molar-refractivity contribution in [1.82, 2.24) is 10.2 Å². The Bertz CT molecular complexity index is 1200. The standard InChI is InChI=1S/C30H40N4O5/c1-9-19(2)25(33-29(37)39-30(5,6)7)28(36)34(17-16-31)26(22-11-10-20(3)21(4)18-22)27(35)32-23-12-14-24(38-8)15-13-23/h10-15,18-19,25-26H,9,17H2,1-8H3,(H,32,35)(H,33,37). The van der Waals surface area contributed by atoms with Gasteiger partial charge in [-0.05, 0) is 81.5 Å². The van der Waals surface area contributed by atoms with Crippen LogP contribution in [0.4, 0.5) is 10.5 Å². The monoisotopic (exact) mass is 536 g/mol. The van der Waals surface area contributed by atoms with Crippen LogP contribution in [0.3, 0.4) is 0 Å². The lowest BCUT2D eigenvalue weighted by Gasteiger charge is -2.34. The molecule has 0 saturated heterocycles. The second-order valence-electron chi connectivity index (χ2n) is 10.6. The Balaban J connectivity index is 2.55. The molecule has 0 fully saturated rings. The molecule has 39 heavy (non-hydrogen) atoms. The van der Waals surface area contributed by atoms with Crippen molar-refractivity contribution in [2.24, 2.45) is 5.92 Å². The summed E-state index contributed by atoms with van der Waals surface area (Å²) >= 11 is 0. The summed E-state index contributed by atoms with van der Waals surface area (Å²) in [5.41, 5.74) is 2.25. The molecular weight excluding hydrogens is 496 g/mol. The zero-order chi connectivity index (χ0) is 29.3. The van der Waals surface area contributed by atoms with Gasteiger partial charge in [0.05, 0.1) is 13.2 Å². The van der Waals surface area contributed by atoms with Crippen LogP contribution >= 0.6 is 0 Å². The molecule has 0 aliphatic carbocycles. The smallest absolute Gasteiger partial charge is 0.408 e. The SMILES string of the molecule is CCC(C)C(NC(=O)OC(C)(C)C)C(=O)N(CC#N)C(C(=O)Nc1ccc(OC)cc1)c1ccc(C)c(C)c1. The minimum Gasteiger partial charge on any atom is -0.497 e. The van der Waals surface area contributed by atoms with Gasteiger partial charge in [-0.2, -0.15) is 5.26 Å². The predicted octanol–water partition coefficient (Wildman–Crippen LogP) is 5.28. The Morgan fingerprint density at radius 1 is 1.05 bits per heavy atom. The molecule has 2 aromatic carbocycles. The number of nitrogens with zero attached hydrogens (tertiary/aromatic N) is 2. The first-order valence-corrected chi connectivity index (χ1v) is 13.0. The van der Waals surface area contributed by atoms with E-state index in [2.05, 4.69) is 10.6 Å². The van der Waals surface area contributed by atoms with Crippen molar-refractivity contribution in [2.75, 3.05) is 19.0 Å². The fourth-order valence-corrected chi connectivity index (χ4v) is 3.96. The van der Waals surface area contributed by atoms with E-state index in [4.69, 9.17) is 9.47 Å². The van der Waals surface area contributed by atoms with Crippen molar-refractivity contribution in [3.8, 4) is 11.8 Å². The maximum absolute atomic E-state index is 14.0. The lowest BCUT2D eigenvalue weighted by atomic mass is 9.94. The van der Waals surface area contributed by atoms with Crippen LogP contribution in [0.1, 0.15) is 63.8 Å². The van der Waals surface area contributed by atoms with Crippen molar-refractivity contribution < 1.29 is 23.9 Å². The Morgan fingerprint density at radius 3 is 2.21 bits per heavy atom. The molecule has 3 unspecified atom stereocenters. The molecular formula is C30H40N4O5. The van der Waals surface area contributed by atoms with Crippen LogP contribution in [0.5, 0.6) is 5.75 Å². The number of amides is 3. The number of benzene rings is 2. The highest BCUT2D eigenvalue weighted by molar-refractivity contribution is 5.99. The number of rotatable bonds is 10. The van der Waals surface area contributed by atoms with Crippen molar-refractivity contribution >= 4 is 23.6 Å². The average Bonchev–Trinajstić information content (AvgIpc) is 2.87. The molecule has 2 aromatic rings. The Labute approximate surface area is 231 Å². The summed E-state index contributed by atoms with van der Waals surface area (Å²) in [4.78, 5) is 41.7. The number of anilines is 1. The Kier molecular flexibility index (Phi) is 10.9. The number of hydrogen-bond donors (Lipinski definition) is 2. The third-order valence-corrected chi connectivity index (χ3v) is 6.44. The Morgan fingerprint density at radius 2 is 1.69 bits per heavy atom. The number of nitrogens with one attached hydrogen (secondary N) is 2. The number of methoxy groups -OCH3 is 1. The van der Waals surface area contributed by atoms with E-state index in [0.29, 0.717) is 23.4 Å². The number of nitriles is 1. The molecule has 0 aliphatic heterocycles. The summed E-state index contributed by atoms with van der Waals surface area (Å²) in [5, 5.41) is 15.3. The fraction of sp³-hybridized carbons (Fsp3) is 0.467. The largest absolute Gasteiger partial charge is 0.497 e. The first-order chi connectivity index (χ1) is 18.3. The molecule has 0 heterocycles. The van der Waals surface area contributed by atoms with Gasteiger partial charge in [0.25, 0.3) is 5.91 Å². The van der Waals surface area contributed by atoms with Gasteiger partial charge in [-0.15, -0.1) is 0 Å². The number of hydrogen-bond acceptors (Lipinski definition) is 6. The maximum Gasteiger partial charge on any atom is 0.408 e. The molecule has 2 rings (SSSR count). The minimum atomic E-state index is -1.13. The lowest BCUT2D eigenvalue weighted by Crippen LogP contribution is -2.54. The van der Waals surface area contributed by atoms with Gasteiger partial charge in [-0.3, -0.25) is 9.59 Å². The van der Waals surface area contributed by atoms with Gasteiger partial charge in [-0.25, -0.2) is 4.79 Å². The minimum absolute atomic E-state index is 0.295. The zero-order valence-corrected chi connectivity index (χ0v) is 24.1. The first-order valence-electron chi connectivity index (χ1n) is 13.0. The van der Waals surface area contributed by atoms with Crippen molar-refractivity contribution in [3.63, 3.8) is 0 Å². The summed E-state index contributed by atoms with van der Waals surface area (Å²) in [6.45, 7) is 12.4. The summed E-state index contributed by atoms with van der Waals surface area (Å²) in [6, 6.07) is 12.2. The molecule has 9 nitrogen and oxygen atoms in total. The number of alkyl carbamates (subject to hydrolysis) is 1. The second-order valence-corrected chi connectivity index (χ2v) is 10.6. The molecule has 0 aliphatic rings. The van der Waals surface area contributed by atoms with Gasteiger partial charge in [0.1, 0.15) is 30.0 Å². The van der Waals surface area contributed by atoms with Crippen LogP contribution < -0.4 is 15.4 Å². The van der Waals surface area contributed by atoms with Crippen molar-refractivity contribution in [2.45, 2.75) is 72.6 Å². The lowest BCUT2D eigenvalue weighted by molar-refractivity contribution is -0.141. The molecule has 2 N–H and O–H groups in total. The Hall–Kier alpha value is -4.06. The normalized spacial score (nSPS) is 13.3.